The molecule has 4 heterocycles. The van der Waals surface area contributed by atoms with Gasteiger partial charge in [0.25, 0.3) is 0 Å². The number of aromatic amines is 1. The predicted molar refractivity (Wildman–Crippen MR) is 101 cm³/mol. The quantitative estimate of drug-likeness (QED) is 0.745. The first-order chi connectivity index (χ1) is 12.6. The van der Waals surface area contributed by atoms with Gasteiger partial charge in [-0.3, -0.25) is 0 Å². The molecule has 1 aliphatic heterocycles. The number of sulfonamides is 1. The number of fused-ring (bicyclic) bond motifs is 1. The molecular weight excluding hydrogens is 368 g/mol. The van der Waals surface area contributed by atoms with Gasteiger partial charge in [-0.05, 0) is 53.5 Å². The van der Waals surface area contributed by atoms with Gasteiger partial charge in [-0.15, -0.1) is 11.3 Å². The van der Waals surface area contributed by atoms with Crippen molar-refractivity contribution in [2.45, 2.75) is 24.5 Å². The number of H-pyrrole nitrogens is 1. The van der Waals surface area contributed by atoms with Gasteiger partial charge in [-0.1, -0.05) is 0 Å². The molecule has 1 N–H and O–H groups in total. The Balaban J connectivity index is 1.45. The van der Waals surface area contributed by atoms with E-state index in [0.717, 1.165) is 23.9 Å². The summed E-state index contributed by atoms with van der Waals surface area (Å²) in [5, 5.41) is 11.8. The second-order valence-electron chi connectivity index (χ2n) is 6.50. The Morgan fingerprint density at radius 2 is 2.19 bits per heavy atom. The Morgan fingerprint density at radius 3 is 2.92 bits per heavy atom. The zero-order chi connectivity index (χ0) is 18.1. The zero-order valence-corrected chi connectivity index (χ0v) is 15.7. The number of hydrogen-bond acceptors (Lipinski definition) is 5. The van der Waals surface area contributed by atoms with Crippen LogP contribution in [-0.4, -0.2) is 35.8 Å². The fourth-order valence-electron chi connectivity index (χ4n) is 3.57. The Morgan fingerprint density at radius 1 is 1.38 bits per heavy atom. The van der Waals surface area contributed by atoms with Crippen LogP contribution >= 0.6 is 11.3 Å². The fourth-order valence-corrected chi connectivity index (χ4v) is 5.92. The van der Waals surface area contributed by atoms with Gasteiger partial charge >= 0.3 is 0 Å². The second-order valence-corrected chi connectivity index (χ2v) is 9.38. The summed E-state index contributed by atoms with van der Waals surface area (Å²) in [6.07, 6.45) is 5.36. The molecule has 0 bridgehead atoms. The van der Waals surface area contributed by atoms with Gasteiger partial charge in [0.15, 0.2) is 0 Å². The van der Waals surface area contributed by atoms with Crippen molar-refractivity contribution in [1.29, 1.82) is 5.26 Å². The van der Waals surface area contributed by atoms with Crippen LogP contribution in [0.2, 0.25) is 0 Å². The van der Waals surface area contributed by atoms with Crippen molar-refractivity contribution in [3.05, 3.63) is 52.0 Å². The minimum Gasteiger partial charge on any atom is -0.346 e. The number of piperidine rings is 1. The lowest BCUT2D eigenvalue weighted by Gasteiger charge is -2.31. The van der Waals surface area contributed by atoms with E-state index in [1.54, 1.807) is 21.9 Å². The van der Waals surface area contributed by atoms with Gasteiger partial charge in [0.2, 0.25) is 10.0 Å². The van der Waals surface area contributed by atoms with E-state index in [1.165, 1.54) is 16.9 Å². The van der Waals surface area contributed by atoms with Gasteiger partial charge in [0, 0.05) is 30.9 Å². The molecule has 1 fully saturated rings. The fraction of sp³-hybridized carbons (Fsp3) is 0.333. The number of hydrogen-bond donors (Lipinski definition) is 1. The Hall–Kier alpha value is -2.21. The summed E-state index contributed by atoms with van der Waals surface area (Å²) in [7, 11) is -3.36. The maximum Gasteiger partial charge on any atom is 0.218 e. The molecular formula is C18H18N4O2S2. The maximum atomic E-state index is 12.7. The van der Waals surface area contributed by atoms with Crippen molar-refractivity contribution < 1.29 is 8.42 Å². The molecule has 0 radical (unpaired) electrons. The van der Waals surface area contributed by atoms with Crippen LogP contribution in [0.1, 0.15) is 34.8 Å². The van der Waals surface area contributed by atoms with E-state index < -0.39 is 10.0 Å². The van der Waals surface area contributed by atoms with Gasteiger partial charge in [0.05, 0.1) is 5.75 Å². The molecule has 0 amide bonds. The number of rotatable bonds is 4. The lowest BCUT2D eigenvalue weighted by molar-refractivity contribution is 0.320. The maximum absolute atomic E-state index is 12.7. The minimum atomic E-state index is -3.36. The number of nitrogens with zero attached hydrogens (tertiary/aromatic N) is 3. The molecule has 1 saturated heterocycles. The van der Waals surface area contributed by atoms with Gasteiger partial charge in [-0.25, -0.2) is 17.7 Å². The molecule has 0 saturated carbocycles. The Kier molecular flexibility index (Phi) is 4.53. The lowest BCUT2D eigenvalue weighted by atomic mass is 9.90. The number of pyridine rings is 1. The molecule has 0 unspecified atom stereocenters. The van der Waals surface area contributed by atoms with Crippen LogP contribution in [0, 0.1) is 11.3 Å². The molecule has 0 aliphatic carbocycles. The van der Waals surface area contributed by atoms with Crippen molar-refractivity contribution in [2.24, 2.45) is 0 Å². The van der Waals surface area contributed by atoms with Crippen molar-refractivity contribution in [3.63, 3.8) is 0 Å². The predicted octanol–water partition coefficient (Wildman–Crippen LogP) is 3.21. The summed E-state index contributed by atoms with van der Waals surface area (Å²) in [5.41, 5.74) is 2.79. The third-order valence-corrected chi connectivity index (χ3v) is 7.62. The van der Waals surface area contributed by atoms with E-state index in [0.29, 0.717) is 29.4 Å². The summed E-state index contributed by atoms with van der Waals surface area (Å²) in [6.45, 7) is 1.05. The number of aromatic nitrogens is 2. The number of nitrogens with one attached hydrogen (secondary N) is 1. The first kappa shape index (κ1) is 17.2. The third kappa shape index (κ3) is 3.26. The van der Waals surface area contributed by atoms with E-state index in [1.807, 2.05) is 12.3 Å². The summed E-state index contributed by atoms with van der Waals surface area (Å²) in [5.74, 6) is 0.304. The first-order valence-electron chi connectivity index (χ1n) is 8.44. The van der Waals surface area contributed by atoms with E-state index in [2.05, 4.69) is 22.1 Å². The second kappa shape index (κ2) is 6.83. The summed E-state index contributed by atoms with van der Waals surface area (Å²) in [6, 6.07) is 7.69. The molecule has 8 heteroatoms. The topological polar surface area (TPSA) is 89.9 Å². The summed E-state index contributed by atoms with van der Waals surface area (Å²) in [4.78, 5) is 8.07. The molecule has 0 spiro atoms. The van der Waals surface area contributed by atoms with Crippen LogP contribution in [0.25, 0.3) is 11.0 Å². The molecule has 3 aromatic heterocycles. The molecule has 26 heavy (non-hydrogen) atoms. The van der Waals surface area contributed by atoms with Crippen molar-refractivity contribution in [1.82, 2.24) is 14.3 Å². The molecule has 1 aliphatic rings. The average molecular weight is 387 g/mol. The monoisotopic (exact) mass is 386 g/mol. The van der Waals surface area contributed by atoms with E-state index in [4.69, 9.17) is 5.26 Å². The molecule has 0 aromatic carbocycles. The van der Waals surface area contributed by atoms with E-state index in [9.17, 15) is 8.42 Å². The largest absolute Gasteiger partial charge is 0.346 e. The van der Waals surface area contributed by atoms with E-state index in [-0.39, 0.29) is 5.75 Å². The van der Waals surface area contributed by atoms with Crippen molar-refractivity contribution in [3.8, 4) is 6.07 Å². The molecule has 134 valence electrons. The minimum absolute atomic E-state index is 0.0349. The molecule has 3 aromatic rings. The van der Waals surface area contributed by atoms with Gasteiger partial charge in [-0.2, -0.15) is 5.26 Å². The van der Waals surface area contributed by atoms with Crippen LogP contribution in [0.3, 0.4) is 0 Å². The highest BCUT2D eigenvalue weighted by atomic mass is 32.2. The molecule has 0 atom stereocenters. The highest BCUT2D eigenvalue weighted by Crippen LogP contribution is 2.33. The van der Waals surface area contributed by atoms with Crippen molar-refractivity contribution in [2.75, 3.05) is 13.1 Å². The lowest BCUT2D eigenvalue weighted by Crippen LogP contribution is -2.38. The molecule has 6 nitrogen and oxygen atoms in total. The first-order valence-corrected chi connectivity index (χ1v) is 10.9. The zero-order valence-electron chi connectivity index (χ0n) is 14.1. The Bertz CT molecular complexity index is 1070. The highest BCUT2D eigenvalue weighted by Gasteiger charge is 2.30. The standard InChI is InChI=1S/C18H18N4O2S2/c19-9-15-8-13(11-25-15)12-26(23,24)22-6-3-14(4-7-22)17-10-21-18-16(17)2-1-5-20-18/h1-2,5,8,10-11,14H,3-4,6-7,12H2,(H,20,21). The average Bonchev–Trinajstić information content (AvgIpc) is 3.28. The van der Waals surface area contributed by atoms with Gasteiger partial charge in [0.1, 0.15) is 16.6 Å². The summed E-state index contributed by atoms with van der Waals surface area (Å²) >= 11 is 1.28. The van der Waals surface area contributed by atoms with Crippen LogP contribution in [0.15, 0.2) is 36.0 Å². The summed E-state index contributed by atoms with van der Waals surface area (Å²) < 4.78 is 27.0. The number of nitriles is 1. The van der Waals surface area contributed by atoms with Crippen LogP contribution < -0.4 is 0 Å². The van der Waals surface area contributed by atoms with Crippen LogP contribution in [0.4, 0.5) is 0 Å². The van der Waals surface area contributed by atoms with Gasteiger partial charge < -0.3 is 4.98 Å². The smallest absolute Gasteiger partial charge is 0.218 e. The van der Waals surface area contributed by atoms with Crippen molar-refractivity contribution >= 4 is 32.4 Å². The third-order valence-electron chi connectivity index (χ3n) is 4.88. The van der Waals surface area contributed by atoms with Crippen LogP contribution in [-0.2, 0) is 15.8 Å². The molecule has 4 rings (SSSR count). The van der Waals surface area contributed by atoms with Crippen LogP contribution in [0.5, 0.6) is 0 Å². The number of thiophene rings is 1. The normalized spacial score (nSPS) is 16.7. The SMILES string of the molecule is N#Cc1cc(CS(=O)(=O)N2CCC(c3c[nH]c4ncccc34)CC2)cs1. The highest BCUT2D eigenvalue weighted by molar-refractivity contribution is 7.88. The Labute approximate surface area is 156 Å². The van der Waals surface area contributed by atoms with E-state index >= 15 is 0 Å².